The van der Waals surface area contributed by atoms with Crippen molar-refractivity contribution in [3.63, 3.8) is 0 Å². The summed E-state index contributed by atoms with van der Waals surface area (Å²) in [4.78, 5) is 0. The van der Waals surface area contributed by atoms with Crippen LogP contribution < -0.4 is 0 Å². The topological polar surface area (TPSA) is 30.7 Å². The Morgan fingerprint density at radius 2 is 1.78 bits per heavy atom. The Kier molecular flexibility index (Phi) is 1.93. The lowest BCUT2D eigenvalue weighted by Gasteiger charge is -1.94. The molecule has 0 unspecified atom stereocenters. The van der Waals surface area contributed by atoms with Gasteiger partial charge in [0.25, 0.3) is 0 Å². The van der Waals surface area contributed by atoms with Gasteiger partial charge in [0, 0.05) is 6.54 Å². The van der Waals surface area contributed by atoms with Gasteiger partial charge in [0.2, 0.25) is 10.6 Å². The molecular weight excluding hydrogens is 161 g/mol. The number of hydrogen-bond donors (Lipinski definition) is 0. The maximum atomic E-state index is 5.55. The van der Waals surface area contributed by atoms with Crippen molar-refractivity contribution < 1.29 is 0 Å². The van der Waals surface area contributed by atoms with Crippen molar-refractivity contribution in [3.8, 4) is 0 Å². The van der Waals surface area contributed by atoms with Gasteiger partial charge in [-0.05, 0) is 30.1 Å². The fourth-order valence-electron chi connectivity index (χ4n) is 0.528. The lowest BCUT2D eigenvalue weighted by Crippen LogP contribution is -1.92. The van der Waals surface area contributed by atoms with Crippen molar-refractivity contribution in [1.82, 2.24) is 14.8 Å². The fourth-order valence-corrected chi connectivity index (χ4v) is 1.05. The molecule has 50 valence electrons. The van der Waals surface area contributed by atoms with E-state index in [2.05, 4.69) is 10.2 Å². The summed E-state index contributed by atoms with van der Waals surface area (Å²) in [6.45, 7) is 2.62. The second-order valence-corrected chi connectivity index (χ2v) is 2.16. The van der Waals surface area contributed by atoms with E-state index in [1.807, 2.05) is 6.92 Å². The van der Waals surface area contributed by atoms with Crippen molar-refractivity contribution in [2.45, 2.75) is 13.5 Å². The van der Waals surface area contributed by atoms with Crippen molar-refractivity contribution >= 4 is 23.2 Å². The van der Waals surface area contributed by atoms with Crippen LogP contribution in [0.3, 0.4) is 0 Å². The van der Waals surface area contributed by atoms with E-state index < -0.39 is 0 Å². The van der Waals surface area contributed by atoms with Crippen LogP contribution in [0.4, 0.5) is 0 Å². The Bertz CT molecular complexity index is 188. The molecule has 0 aromatic carbocycles. The third kappa shape index (κ3) is 1.17. The summed E-state index contributed by atoms with van der Waals surface area (Å²) < 4.78 is 1.60. The number of hydrogen-bond acceptors (Lipinski definition) is 2. The van der Waals surface area contributed by atoms with Crippen LogP contribution >= 0.6 is 23.2 Å². The molecule has 0 aliphatic carbocycles. The molecule has 1 heterocycles. The second kappa shape index (κ2) is 2.54. The summed E-state index contributed by atoms with van der Waals surface area (Å²) in [6.07, 6.45) is 0. The Morgan fingerprint density at radius 1 is 1.33 bits per heavy atom. The van der Waals surface area contributed by atoms with Crippen LogP contribution in [0.25, 0.3) is 0 Å². The molecule has 1 rings (SSSR count). The lowest BCUT2D eigenvalue weighted by atomic mass is 10.7. The molecule has 0 saturated carbocycles. The van der Waals surface area contributed by atoms with Gasteiger partial charge in [-0.25, -0.2) is 0 Å². The van der Waals surface area contributed by atoms with Crippen molar-refractivity contribution in [1.29, 1.82) is 0 Å². The SMILES string of the molecule is CCn1c(Cl)nnc1Cl. The first-order valence-corrected chi connectivity index (χ1v) is 3.25. The van der Waals surface area contributed by atoms with E-state index in [-0.39, 0.29) is 0 Å². The number of aromatic nitrogens is 3. The van der Waals surface area contributed by atoms with E-state index in [1.165, 1.54) is 0 Å². The molecule has 5 heteroatoms. The van der Waals surface area contributed by atoms with Crippen LogP contribution in [-0.4, -0.2) is 14.8 Å². The van der Waals surface area contributed by atoms with Gasteiger partial charge in [0.15, 0.2) is 0 Å². The Hall–Kier alpha value is -0.280. The molecular formula is C4H5Cl2N3. The zero-order valence-electron chi connectivity index (χ0n) is 4.80. The molecule has 1 aromatic heterocycles. The number of nitrogens with zero attached hydrogens (tertiary/aromatic N) is 3. The smallest absolute Gasteiger partial charge is 0.226 e. The molecule has 1 aromatic rings. The zero-order chi connectivity index (χ0) is 6.85. The van der Waals surface area contributed by atoms with E-state index in [1.54, 1.807) is 4.57 Å². The Morgan fingerprint density at radius 3 is 2.00 bits per heavy atom. The van der Waals surface area contributed by atoms with Gasteiger partial charge in [0.05, 0.1) is 0 Å². The molecule has 9 heavy (non-hydrogen) atoms. The van der Waals surface area contributed by atoms with Crippen LogP contribution in [0.2, 0.25) is 10.6 Å². The molecule has 0 aliphatic heterocycles. The summed E-state index contributed by atoms with van der Waals surface area (Å²) in [5, 5.41) is 7.74. The minimum absolute atomic E-state index is 0.336. The third-order valence-corrected chi connectivity index (χ3v) is 1.54. The Labute approximate surface area is 62.6 Å². The van der Waals surface area contributed by atoms with Crippen LogP contribution in [-0.2, 0) is 6.54 Å². The van der Waals surface area contributed by atoms with Gasteiger partial charge >= 0.3 is 0 Å². The largest absolute Gasteiger partial charge is 0.289 e. The van der Waals surface area contributed by atoms with E-state index >= 15 is 0 Å². The molecule has 0 aliphatic rings. The molecule has 0 amide bonds. The maximum Gasteiger partial charge on any atom is 0.226 e. The lowest BCUT2D eigenvalue weighted by molar-refractivity contribution is 0.760. The van der Waals surface area contributed by atoms with E-state index in [4.69, 9.17) is 23.2 Å². The highest BCUT2D eigenvalue weighted by Crippen LogP contribution is 2.11. The van der Waals surface area contributed by atoms with Gasteiger partial charge in [0.1, 0.15) is 0 Å². The zero-order valence-corrected chi connectivity index (χ0v) is 6.32. The summed E-state index contributed by atoms with van der Waals surface area (Å²) in [6, 6.07) is 0. The van der Waals surface area contributed by atoms with Crippen LogP contribution in [0.15, 0.2) is 0 Å². The van der Waals surface area contributed by atoms with E-state index in [0.717, 1.165) is 0 Å². The highest BCUT2D eigenvalue weighted by molar-refractivity contribution is 6.31. The average molecular weight is 166 g/mol. The fraction of sp³-hybridized carbons (Fsp3) is 0.500. The van der Waals surface area contributed by atoms with Crippen molar-refractivity contribution in [2.75, 3.05) is 0 Å². The number of halogens is 2. The minimum atomic E-state index is 0.336. The monoisotopic (exact) mass is 165 g/mol. The standard InChI is InChI=1S/C4H5Cl2N3/c1-2-9-3(5)7-8-4(9)6/h2H2,1H3. The Balaban J connectivity index is 3.07. The highest BCUT2D eigenvalue weighted by Gasteiger charge is 2.03. The van der Waals surface area contributed by atoms with Gasteiger partial charge in [-0.15, -0.1) is 10.2 Å². The predicted octanol–water partition coefficient (Wildman–Crippen LogP) is 1.60. The number of rotatable bonds is 1. The predicted molar refractivity (Wildman–Crippen MR) is 35.7 cm³/mol. The highest BCUT2D eigenvalue weighted by atomic mass is 35.5. The normalized spacial score (nSPS) is 10.1. The van der Waals surface area contributed by atoms with Crippen LogP contribution in [0.1, 0.15) is 6.92 Å². The summed E-state index contributed by atoms with van der Waals surface area (Å²) in [5.41, 5.74) is 0. The van der Waals surface area contributed by atoms with Gasteiger partial charge in [-0.1, -0.05) is 0 Å². The maximum absolute atomic E-state index is 5.55. The molecule has 0 N–H and O–H groups in total. The first kappa shape index (κ1) is 6.83. The van der Waals surface area contributed by atoms with Crippen molar-refractivity contribution in [2.24, 2.45) is 0 Å². The third-order valence-electron chi connectivity index (χ3n) is 0.977. The molecule has 0 fully saturated rings. The van der Waals surface area contributed by atoms with E-state index in [9.17, 15) is 0 Å². The molecule has 0 radical (unpaired) electrons. The first-order chi connectivity index (χ1) is 4.25. The molecule has 0 bridgehead atoms. The van der Waals surface area contributed by atoms with Gasteiger partial charge in [-0.3, -0.25) is 4.57 Å². The summed E-state index contributed by atoms with van der Waals surface area (Å²) in [5.74, 6) is 0. The molecule has 0 spiro atoms. The van der Waals surface area contributed by atoms with Gasteiger partial charge in [-0.2, -0.15) is 0 Å². The van der Waals surface area contributed by atoms with Crippen molar-refractivity contribution in [3.05, 3.63) is 10.6 Å². The van der Waals surface area contributed by atoms with Crippen LogP contribution in [0.5, 0.6) is 0 Å². The molecule has 0 saturated heterocycles. The van der Waals surface area contributed by atoms with Gasteiger partial charge < -0.3 is 0 Å². The van der Waals surface area contributed by atoms with Crippen LogP contribution in [0, 0.1) is 0 Å². The molecule has 3 nitrogen and oxygen atoms in total. The second-order valence-electron chi connectivity index (χ2n) is 1.48. The summed E-state index contributed by atoms with van der Waals surface area (Å²) in [7, 11) is 0. The van der Waals surface area contributed by atoms with E-state index in [0.29, 0.717) is 17.1 Å². The quantitative estimate of drug-likeness (QED) is 0.634. The average Bonchev–Trinajstić information content (AvgIpc) is 2.12. The minimum Gasteiger partial charge on any atom is -0.289 e. The first-order valence-electron chi connectivity index (χ1n) is 2.50. The molecule has 0 atom stereocenters. The summed E-state index contributed by atoms with van der Waals surface area (Å²) >= 11 is 11.1.